The van der Waals surface area contributed by atoms with E-state index >= 15 is 0 Å². The van der Waals surface area contributed by atoms with Gasteiger partial charge < -0.3 is 24.3 Å². The van der Waals surface area contributed by atoms with E-state index in [1.165, 1.54) is 0 Å². The Balaban J connectivity index is 1.58. The van der Waals surface area contributed by atoms with E-state index < -0.39 is 29.5 Å². The van der Waals surface area contributed by atoms with Crippen LogP contribution in [0.4, 0.5) is 0 Å². The minimum Gasteiger partial charge on any atom is -0.550 e. The molecule has 0 aromatic rings. The van der Waals surface area contributed by atoms with Gasteiger partial charge in [0.2, 0.25) is 5.91 Å². The lowest BCUT2D eigenvalue weighted by Crippen LogP contribution is -2.45. The van der Waals surface area contributed by atoms with Crippen LogP contribution in [0.2, 0.25) is 0 Å². The number of carboxylic acid groups (broad SMARTS) is 1. The number of rotatable bonds is 3. The molecule has 0 saturated carbocycles. The summed E-state index contributed by atoms with van der Waals surface area (Å²) in [6, 6.07) is 0. The normalized spacial score (nSPS) is 45.4. The van der Waals surface area contributed by atoms with E-state index in [0.717, 1.165) is 19.4 Å². The van der Waals surface area contributed by atoms with Crippen molar-refractivity contribution < 1.29 is 24.2 Å². The number of ether oxygens (including phenoxy) is 2. The zero-order valence-corrected chi connectivity index (χ0v) is 11.0. The number of amides is 1. The fourth-order valence-corrected chi connectivity index (χ4v) is 4.04. The van der Waals surface area contributed by atoms with Gasteiger partial charge in [0.25, 0.3) is 0 Å². The average molecular weight is 278 g/mol. The molecule has 5 atom stereocenters. The summed E-state index contributed by atoms with van der Waals surface area (Å²) < 4.78 is 11.3. The molecule has 4 rings (SSSR count). The third-order valence-electron chi connectivity index (χ3n) is 4.90. The van der Waals surface area contributed by atoms with E-state index in [0.29, 0.717) is 13.1 Å². The van der Waals surface area contributed by atoms with Crippen LogP contribution in [0.25, 0.3) is 0 Å². The van der Waals surface area contributed by atoms with Crippen molar-refractivity contribution in [3.05, 3.63) is 12.2 Å². The molecular formula is C14H16NO5-. The summed E-state index contributed by atoms with van der Waals surface area (Å²) in [5, 5.41) is 11.3. The molecule has 0 aromatic heterocycles. The Hall–Kier alpha value is -1.40. The first kappa shape index (κ1) is 12.3. The summed E-state index contributed by atoms with van der Waals surface area (Å²) >= 11 is 0. The number of hydrogen-bond donors (Lipinski definition) is 0. The van der Waals surface area contributed by atoms with Crippen LogP contribution >= 0.6 is 0 Å². The smallest absolute Gasteiger partial charge is 0.229 e. The van der Waals surface area contributed by atoms with Crippen LogP contribution in [-0.2, 0) is 19.1 Å². The van der Waals surface area contributed by atoms with Crippen LogP contribution < -0.4 is 5.11 Å². The maximum Gasteiger partial charge on any atom is 0.229 e. The highest BCUT2D eigenvalue weighted by molar-refractivity contribution is 5.90. The van der Waals surface area contributed by atoms with Crippen LogP contribution in [0.5, 0.6) is 0 Å². The SMILES string of the molecule is O=C([O-])[C@H]1[C@H]2C=C[C@]3(CN(C[C@H]4CCCO4)C(=O)[C@@H]13)O2. The second-order valence-corrected chi connectivity index (χ2v) is 6.07. The largest absolute Gasteiger partial charge is 0.550 e. The fourth-order valence-electron chi connectivity index (χ4n) is 4.04. The highest BCUT2D eigenvalue weighted by Crippen LogP contribution is 2.51. The van der Waals surface area contributed by atoms with Crippen molar-refractivity contribution >= 4 is 11.9 Å². The quantitative estimate of drug-likeness (QED) is 0.599. The Labute approximate surface area is 116 Å². The Kier molecular flexibility index (Phi) is 2.50. The molecule has 2 bridgehead atoms. The van der Waals surface area contributed by atoms with Crippen molar-refractivity contribution in [1.29, 1.82) is 0 Å². The Morgan fingerprint density at radius 1 is 1.55 bits per heavy atom. The molecule has 20 heavy (non-hydrogen) atoms. The van der Waals surface area contributed by atoms with Gasteiger partial charge in [0.15, 0.2) is 0 Å². The fraction of sp³-hybridized carbons (Fsp3) is 0.714. The van der Waals surface area contributed by atoms with Crippen molar-refractivity contribution in [1.82, 2.24) is 4.90 Å². The zero-order chi connectivity index (χ0) is 13.9. The highest BCUT2D eigenvalue weighted by atomic mass is 16.5. The zero-order valence-electron chi connectivity index (χ0n) is 11.0. The Morgan fingerprint density at radius 3 is 3.10 bits per heavy atom. The number of likely N-dealkylation sites (tertiary alicyclic amines) is 1. The third kappa shape index (κ3) is 1.52. The molecule has 0 aromatic carbocycles. The molecule has 0 unspecified atom stereocenters. The van der Waals surface area contributed by atoms with E-state index in [1.807, 2.05) is 6.08 Å². The summed E-state index contributed by atoms with van der Waals surface area (Å²) in [7, 11) is 0. The van der Waals surface area contributed by atoms with Crippen molar-refractivity contribution in [3.8, 4) is 0 Å². The minimum atomic E-state index is -1.20. The lowest BCUT2D eigenvalue weighted by atomic mass is 9.77. The first-order valence-electron chi connectivity index (χ1n) is 7.09. The van der Waals surface area contributed by atoms with E-state index in [4.69, 9.17) is 9.47 Å². The minimum absolute atomic E-state index is 0.0664. The lowest BCUT2D eigenvalue weighted by Gasteiger charge is -2.25. The molecule has 0 radical (unpaired) electrons. The van der Waals surface area contributed by atoms with Gasteiger partial charge in [0.05, 0.1) is 24.7 Å². The number of fused-ring (bicyclic) bond motifs is 1. The van der Waals surface area contributed by atoms with Gasteiger partial charge >= 0.3 is 0 Å². The van der Waals surface area contributed by atoms with E-state index in [-0.39, 0.29) is 12.0 Å². The van der Waals surface area contributed by atoms with Gasteiger partial charge in [-0.3, -0.25) is 4.79 Å². The number of nitrogens with zero attached hydrogens (tertiary/aromatic N) is 1. The molecule has 0 N–H and O–H groups in total. The van der Waals surface area contributed by atoms with Gasteiger partial charge in [-0.05, 0) is 12.8 Å². The molecule has 4 heterocycles. The average Bonchev–Trinajstić information content (AvgIpc) is 3.12. The van der Waals surface area contributed by atoms with Gasteiger partial charge in [-0.25, -0.2) is 0 Å². The monoisotopic (exact) mass is 278 g/mol. The number of hydrogen-bond acceptors (Lipinski definition) is 5. The van der Waals surface area contributed by atoms with Gasteiger partial charge in [0.1, 0.15) is 5.60 Å². The van der Waals surface area contributed by atoms with Crippen LogP contribution in [0.1, 0.15) is 12.8 Å². The predicted octanol–water partition coefficient (Wildman–Crippen LogP) is -1.30. The molecule has 6 nitrogen and oxygen atoms in total. The molecule has 0 aliphatic carbocycles. The van der Waals surface area contributed by atoms with Gasteiger partial charge in [-0.1, -0.05) is 12.2 Å². The Morgan fingerprint density at radius 2 is 2.40 bits per heavy atom. The first-order chi connectivity index (χ1) is 9.61. The first-order valence-corrected chi connectivity index (χ1v) is 7.09. The number of carbonyl (C=O) groups excluding carboxylic acids is 2. The second kappa shape index (κ2) is 4.05. The summed E-state index contributed by atoms with van der Waals surface area (Å²) in [6.45, 7) is 1.69. The maximum atomic E-state index is 12.5. The molecule has 3 saturated heterocycles. The van der Waals surface area contributed by atoms with Crippen LogP contribution in [0.15, 0.2) is 12.2 Å². The van der Waals surface area contributed by atoms with Gasteiger partial charge in [-0.2, -0.15) is 0 Å². The summed E-state index contributed by atoms with van der Waals surface area (Å²) in [6.07, 6.45) is 5.12. The summed E-state index contributed by atoms with van der Waals surface area (Å²) in [5.74, 6) is -2.83. The van der Waals surface area contributed by atoms with E-state index in [9.17, 15) is 14.7 Å². The molecule has 3 fully saturated rings. The standard InChI is InChI=1S/C14H17NO5/c16-12-11-10(13(17)18)9-3-4-14(11,20-9)7-15(12)6-8-2-1-5-19-8/h3-4,8-11H,1-2,5-7H2,(H,17,18)/p-1/t8-,9-,10+,11-,14-/m1/s1. The highest BCUT2D eigenvalue weighted by Gasteiger charge is 2.65. The second-order valence-electron chi connectivity index (χ2n) is 6.07. The maximum absolute atomic E-state index is 12.5. The number of aliphatic carboxylic acids is 1. The molecule has 1 spiro atoms. The topological polar surface area (TPSA) is 78.9 Å². The molecule has 1 amide bonds. The van der Waals surface area contributed by atoms with Crippen molar-refractivity contribution in [3.63, 3.8) is 0 Å². The summed E-state index contributed by atoms with van der Waals surface area (Å²) in [4.78, 5) is 25.5. The Bertz CT molecular complexity index is 498. The molecule has 4 aliphatic heterocycles. The summed E-state index contributed by atoms with van der Waals surface area (Å²) in [5.41, 5.74) is -0.759. The van der Waals surface area contributed by atoms with Crippen molar-refractivity contribution in [2.75, 3.05) is 19.7 Å². The molecular weight excluding hydrogens is 262 g/mol. The van der Waals surface area contributed by atoms with Crippen LogP contribution in [0.3, 0.4) is 0 Å². The molecule has 6 heteroatoms. The van der Waals surface area contributed by atoms with Crippen LogP contribution in [0, 0.1) is 11.8 Å². The van der Waals surface area contributed by atoms with E-state index in [2.05, 4.69) is 0 Å². The number of carboxylic acids is 1. The van der Waals surface area contributed by atoms with E-state index in [1.54, 1.807) is 11.0 Å². The predicted molar refractivity (Wildman–Crippen MR) is 64.3 cm³/mol. The molecule has 108 valence electrons. The van der Waals surface area contributed by atoms with Gasteiger partial charge in [0, 0.05) is 25.0 Å². The third-order valence-corrected chi connectivity index (χ3v) is 4.90. The van der Waals surface area contributed by atoms with Crippen LogP contribution in [-0.4, -0.2) is 54.3 Å². The molecule has 4 aliphatic rings. The van der Waals surface area contributed by atoms with Crippen molar-refractivity contribution in [2.45, 2.75) is 30.7 Å². The van der Waals surface area contributed by atoms with Crippen molar-refractivity contribution in [2.24, 2.45) is 11.8 Å². The number of carbonyl (C=O) groups is 2. The lowest BCUT2D eigenvalue weighted by molar-refractivity contribution is -0.313. The van der Waals surface area contributed by atoms with Gasteiger partial charge in [-0.15, -0.1) is 0 Å².